The Hall–Kier alpha value is -3.17. The lowest BCUT2D eigenvalue weighted by Gasteiger charge is -2.18. The molecule has 0 unspecified atom stereocenters. The number of hydrogen-bond acceptors (Lipinski definition) is 7. The Labute approximate surface area is 201 Å². The molecule has 0 bridgehead atoms. The number of methoxy groups -OCH3 is 1. The molecule has 33 heavy (non-hydrogen) atoms. The zero-order chi connectivity index (χ0) is 23.7. The zero-order valence-electron chi connectivity index (χ0n) is 18.8. The average Bonchev–Trinajstić information content (AvgIpc) is 3.08. The van der Waals surface area contributed by atoms with Gasteiger partial charge in [-0.1, -0.05) is 42.2 Å². The number of rotatable bonds is 6. The highest BCUT2D eigenvalue weighted by molar-refractivity contribution is 8.26. The van der Waals surface area contributed by atoms with Gasteiger partial charge in [0.25, 0.3) is 11.5 Å². The molecular weight excluding hydrogens is 456 g/mol. The number of aryl methyl sites for hydroxylation is 1. The monoisotopic (exact) mass is 480 g/mol. The van der Waals surface area contributed by atoms with Crippen LogP contribution in [0.5, 0.6) is 5.75 Å². The first kappa shape index (κ1) is 23.0. The summed E-state index contributed by atoms with van der Waals surface area (Å²) >= 11 is 6.59. The summed E-state index contributed by atoms with van der Waals surface area (Å²) < 4.78 is 7.20. The fourth-order valence-electron chi connectivity index (χ4n) is 3.51. The SMILES string of the molecule is COc1ccc(CNc2nc3ccc(C)cn3c(=O)c2/C=C2\SC(=S)N(C(C)C)C2=O)cc1. The highest BCUT2D eigenvalue weighted by atomic mass is 32.2. The molecule has 0 atom stereocenters. The number of amides is 1. The average molecular weight is 481 g/mol. The summed E-state index contributed by atoms with van der Waals surface area (Å²) in [5, 5.41) is 3.27. The number of anilines is 1. The van der Waals surface area contributed by atoms with Crippen LogP contribution < -0.4 is 15.6 Å². The van der Waals surface area contributed by atoms with Crippen molar-refractivity contribution in [3.8, 4) is 5.75 Å². The maximum Gasteiger partial charge on any atom is 0.267 e. The van der Waals surface area contributed by atoms with Gasteiger partial charge in [-0.15, -0.1) is 0 Å². The van der Waals surface area contributed by atoms with Crippen LogP contribution >= 0.6 is 24.0 Å². The van der Waals surface area contributed by atoms with Gasteiger partial charge in [-0.2, -0.15) is 0 Å². The number of carbonyl (C=O) groups excluding carboxylic acids is 1. The Bertz CT molecular complexity index is 1330. The molecule has 0 aliphatic carbocycles. The lowest BCUT2D eigenvalue weighted by molar-refractivity contribution is -0.123. The number of carbonyl (C=O) groups is 1. The second-order valence-corrected chi connectivity index (χ2v) is 9.64. The maximum absolute atomic E-state index is 13.4. The topological polar surface area (TPSA) is 75.9 Å². The zero-order valence-corrected chi connectivity index (χ0v) is 20.4. The number of nitrogens with one attached hydrogen (secondary N) is 1. The van der Waals surface area contributed by atoms with Crippen molar-refractivity contribution in [2.45, 2.75) is 33.4 Å². The Morgan fingerprint density at radius 3 is 2.55 bits per heavy atom. The van der Waals surface area contributed by atoms with Crippen LogP contribution in [-0.2, 0) is 11.3 Å². The summed E-state index contributed by atoms with van der Waals surface area (Å²) in [5.74, 6) is 0.980. The van der Waals surface area contributed by atoms with Crippen molar-refractivity contribution in [2.75, 3.05) is 12.4 Å². The largest absolute Gasteiger partial charge is 0.497 e. The van der Waals surface area contributed by atoms with Crippen LogP contribution in [0.4, 0.5) is 5.82 Å². The van der Waals surface area contributed by atoms with Crippen molar-refractivity contribution >= 4 is 51.7 Å². The molecule has 3 heterocycles. The standard InChI is InChI=1S/C24H24N4O3S2/c1-14(2)28-23(30)19(33-24(28)32)11-18-21(25-12-16-6-8-17(31-4)9-7-16)26-20-10-5-15(3)13-27(20)22(18)29/h5-11,13-14,25H,12H2,1-4H3/b19-11-. The molecule has 0 spiro atoms. The molecule has 170 valence electrons. The lowest BCUT2D eigenvalue weighted by Crippen LogP contribution is -2.34. The highest BCUT2D eigenvalue weighted by Crippen LogP contribution is 2.34. The van der Waals surface area contributed by atoms with Gasteiger partial charge < -0.3 is 10.1 Å². The van der Waals surface area contributed by atoms with Crippen LogP contribution in [0.25, 0.3) is 11.7 Å². The molecule has 9 heteroatoms. The number of nitrogens with zero attached hydrogens (tertiary/aromatic N) is 3. The molecule has 3 aromatic rings. The van der Waals surface area contributed by atoms with E-state index in [2.05, 4.69) is 10.3 Å². The van der Waals surface area contributed by atoms with Crippen LogP contribution in [0, 0.1) is 6.92 Å². The third-order valence-corrected chi connectivity index (χ3v) is 6.57. The predicted molar refractivity (Wildman–Crippen MR) is 137 cm³/mol. The van der Waals surface area contributed by atoms with Gasteiger partial charge in [0.05, 0.1) is 17.6 Å². The Morgan fingerprint density at radius 1 is 1.18 bits per heavy atom. The number of benzene rings is 1. The van der Waals surface area contributed by atoms with Crippen LogP contribution in [0.1, 0.15) is 30.5 Å². The van der Waals surface area contributed by atoms with Gasteiger partial charge in [-0.05, 0) is 56.2 Å². The van der Waals surface area contributed by atoms with E-state index in [-0.39, 0.29) is 17.5 Å². The molecule has 4 rings (SSSR count). The molecule has 0 radical (unpaired) electrons. The van der Waals surface area contributed by atoms with Crippen LogP contribution in [0.3, 0.4) is 0 Å². The Balaban J connectivity index is 1.77. The number of pyridine rings is 1. The highest BCUT2D eigenvalue weighted by Gasteiger charge is 2.34. The van der Waals surface area contributed by atoms with Gasteiger partial charge in [0.1, 0.15) is 21.5 Å². The van der Waals surface area contributed by atoms with Gasteiger partial charge in [0.2, 0.25) is 0 Å². The third-order valence-electron chi connectivity index (χ3n) is 5.24. The van der Waals surface area contributed by atoms with Crippen molar-refractivity contribution in [3.05, 3.63) is 74.5 Å². The van der Waals surface area contributed by atoms with E-state index in [1.165, 1.54) is 16.2 Å². The second kappa shape index (κ2) is 9.36. The van der Waals surface area contributed by atoms with E-state index < -0.39 is 0 Å². The number of ether oxygens (including phenoxy) is 1. The van der Waals surface area contributed by atoms with E-state index in [1.807, 2.05) is 51.1 Å². The molecule has 1 fully saturated rings. The molecule has 1 aromatic carbocycles. The summed E-state index contributed by atoms with van der Waals surface area (Å²) in [6, 6.07) is 11.3. The molecular formula is C24H24N4O3S2. The van der Waals surface area contributed by atoms with Crippen LogP contribution in [0.15, 0.2) is 52.3 Å². The van der Waals surface area contributed by atoms with Gasteiger partial charge in [-0.3, -0.25) is 18.9 Å². The maximum atomic E-state index is 13.4. The van der Waals surface area contributed by atoms with Gasteiger partial charge >= 0.3 is 0 Å². The molecule has 1 N–H and O–H groups in total. The quantitative estimate of drug-likeness (QED) is 0.418. The molecule has 1 aliphatic heterocycles. The second-order valence-electron chi connectivity index (χ2n) is 7.96. The fraction of sp³-hybridized carbons (Fsp3) is 0.250. The van der Waals surface area contributed by atoms with E-state index >= 15 is 0 Å². The number of thiocarbonyl (C=S) groups is 1. The first-order valence-electron chi connectivity index (χ1n) is 10.5. The minimum absolute atomic E-state index is 0.0606. The van der Waals surface area contributed by atoms with Crippen molar-refractivity contribution < 1.29 is 9.53 Å². The summed E-state index contributed by atoms with van der Waals surface area (Å²) in [4.78, 5) is 33.0. The first-order chi connectivity index (χ1) is 15.8. The number of hydrogen-bond donors (Lipinski definition) is 1. The third kappa shape index (κ3) is 4.65. The molecule has 1 aliphatic rings. The Morgan fingerprint density at radius 2 is 1.91 bits per heavy atom. The van der Waals surface area contributed by atoms with E-state index in [4.69, 9.17) is 17.0 Å². The van der Waals surface area contributed by atoms with Crippen LogP contribution in [0.2, 0.25) is 0 Å². The molecule has 1 saturated heterocycles. The predicted octanol–water partition coefficient (Wildman–Crippen LogP) is 4.23. The number of aromatic nitrogens is 2. The van der Waals surface area contributed by atoms with E-state index in [1.54, 1.807) is 30.3 Å². The fourth-order valence-corrected chi connectivity index (χ4v) is 5.01. The van der Waals surface area contributed by atoms with Gasteiger partial charge in [-0.25, -0.2) is 4.98 Å². The van der Waals surface area contributed by atoms with Gasteiger partial charge in [0.15, 0.2) is 0 Å². The minimum Gasteiger partial charge on any atom is -0.497 e. The molecule has 1 amide bonds. The molecule has 2 aromatic heterocycles. The number of fused-ring (bicyclic) bond motifs is 1. The first-order valence-corrected chi connectivity index (χ1v) is 11.7. The van der Waals surface area contributed by atoms with E-state index in [9.17, 15) is 9.59 Å². The Kier molecular flexibility index (Phi) is 6.53. The summed E-state index contributed by atoms with van der Waals surface area (Å²) in [6.45, 7) is 6.18. The van der Waals surface area contributed by atoms with E-state index in [0.29, 0.717) is 32.8 Å². The van der Waals surface area contributed by atoms with E-state index in [0.717, 1.165) is 16.9 Å². The van der Waals surface area contributed by atoms with Crippen molar-refractivity contribution in [1.82, 2.24) is 14.3 Å². The van der Waals surface area contributed by atoms with Crippen LogP contribution in [-0.4, -0.2) is 37.7 Å². The van der Waals surface area contributed by atoms with Crippen molar-refractivity contribution in [1.29, 1.82) is 0 Å². The van der Waals surface area contributed by atoms with Crippen molar-refractivity contribution in [3.63, 3.8) is 0 Å². The lowest BCUT2D eigenvalue weighted by atomic mass is 10.2. The number of thioether (sulfide) groups is 1. The molecule has 0 saturated carbocycles. The normalized spacial score (nSPS) is 15.2. The van der Waals surface area contributed by atoms with Gasteiger partial charge in [0, 0.05) is 18.8 Å². The smallest absolute Gasteiger partial charge is 0.267 e. The molecule has 7 nitrogen and oxygen atoms in total. The minimum atomic E-state index is -0.254. The summed E-state index contributed by atoms with van der Waals surface area (Å²) in [5.41, 5.74) is 2.52. The summed E-state index contributed by atoms with van der Waals surface area (Å²) in [7, 11) is 1.62. The summed E-state index contributed by atoms with van der Waals surface area (Å²) in [6.07, 6.45) is 3.34. The van der Waals surface area contributed by atoms with Crippen molar-refractivity contribution in [2.24, 2.45) is 0 Å².